The second-order valence-electron chi connectivity index (χ2n) is 5.80. The topological polar surface area (TPSA) is 201 Å². The average molecular weight is 519 g/mol. The van der Waals surface area contributed by atoms with Crippen molar-refractivity contribution in [3.05, 3.63) is 10.4 Å². The van der Waals surface area contributed by atoms with Gasteiger partial charge in [0.1, 0.15) is 37.1 Å². The molecule has 0 radical (unpaired) electrons. The number of aliphatic hydroxyl groups is 4. The van der Waals surface area contributed by atoms with Gasteiger partial charge in [-0.05, 0) is 5.53 Å². The molecular formula is C14H22IN3O10. The number of hydrogen-bond acceptors (Lipinski definition) is 11. The SMILES string of the molecule is CC(=O)OC[C@@H](OC=O)[C@@H](O[C@@H]1O[C@H](CO)[C@H](O)[C@H](O)[C@H]1O)[C@@H](CI)N=[N+]=[N-]. The second-order valence-corrected chi connectivity index (χ2v) is 6.68. The van der Waals surface area contributed by atoms with Crippen molar-refractivity contribution >= 4 is 35.0 Å². The molecule has 1 fully saturated rings. The van der Waals surface area contributed by atoms with Gasteiger partial charge in [-0.2, -0.15) is 0 Å². The van der Waals surface area contributed by atoms with Gasteiger partial charge < -0.3 is 39.4 Å². The molecule has 0 bridgehead atoms. The monoisotopic (exact) mass is 519 g/mol. The summed E-state index contributed by atoms with van der Waals surface area (Å²) in [5.41, 5.74) is 8.78. The highest BCUT2D eigenvalue weighted by atomic mass is 127. The van der Waals surface area contributed by atoms with E-state index in [0.717, 1.165) is 6.92 Å². The molecule has 0 aliphatic carbocycles. The molecular weight excluding hydrogens is 497 g/mol. The highest BCUT2D eigenvalue weighted by molar-refractivity contribution is 14.1. The minimum absolute atomic E-state index is 0.0815. The summed E-state index contributed by atoms with van der Waals surface area (Å²) in [6.07, 6.45) is -10.3. The lowest BCUT2D eigenvalue weighted by Crippen LogP contribution is -2.61. The fraction of sp³-hybridized carbons (Fsp3) is 0.857. The van der Waals surface area contributed by atoms with E-state index in [2.05, 4.69) is 10.0 Å². The molecule has 1 saturated heterocycles. The van der Waals surface area contributed by atoms with Gasteiger partial charge in [0.15, 0.2) is 12.4 Å². The minimum Gasteiger partial charge on any atom is -0.462 e. The van der Waals surface area contributed by atoms with Crippen molar-refractivity contribution in [2.75, 3.05) is 17.6 Å². The minimum atomic E-state index is -1.73. The van der Waals surface area contributed by atoms with Crippen molar-refractivity contribution in [2.45, 2.75) is 55.9 Å². The zero-order chi connectivity index (χ0) is 21.3. The summed E-state index contributed by atoms with van der Waals surface area (Å²) >= 11 is 1.88. The molecule has 28 heavy (non-hydrogen) atoms. The third-order valence-corrected chi connectivity index (χ3v) is 4.83. The standard InChI is InChI=1S/C14H22IN3O10/c1-6(21)25-4-9(26-5-20)13(7(2-15)17-18-16)28-14-12(24)11(23)10(22)8(3-19)27-14/h5,7-14,19,22-24H,2-4H2,1H3/t7-,8-,9-,10+,11+,12-,13+,14+/m1/s1. The van der Waals surface area contributed by atoms with Crippen LogP contribution in [0.25, 0.3) is 10.4 Å². The van der Waals surface area contributed by atoms with Crippen LogP contribution < -0.4 is 0 Å². The molecule has 1 rings (SSSR count). The first-order valence-electron chi connectivity index (χ1n) is 8.09. The van der Waals surface area contributed by atoms with E-state index in [4.69, 9.17) is 24.5 Å². The number of nitrogens with zero attached hydrogens (tertiary/aromatic N) is 3. The number of carbonyl (C=O) groups excluding carboxylic acids is 2. The van der Waals surface area contributed by atoms with Crippen LogP contribution >= 0.6 is 22.6 Å². The van der Waals surface area contributed by atoms with Gasteiger partial charge in [0, 0.05) is 16.3 Å². The molecule has 0 amide bonds. The first-order valence-corrected chi connectivity index (χ1v) is 9.61. The Morgan fingerprint density at radius 3 is 2.54 bits per heavy atom. The van der Waals surface area contributed by atoms with Crippen LogP contribution in [0.15, 0.2) is 5.11 Å². The van der Waals surface area contributed by atoms with E-state index in [0.29, 0.717) is 0 Å². The molecule has 160 valence electrons. The predicted molar refractivity (Wildman–Crippen MR) is 98.0 cm³/mol. The number of azide groups is 1. The molecule has 8 atom stereocenters. The second kappa shape index (κ2) is 12.3. The van der Waals surface area contributed by atoms with Gasteiger partial charge >= 0.3 is 5.97 Å². The molecule has 14 heteroatoms. The normalized spacial score (nSPS) is 30.4. The van der Waals surface area contributed by atoms with Crippen molar-refractivity contribution in [3.63, 3.8) is 0 Å². The van der Waals surface area contributed by atoms with Gasteiger partial charge in [0.05, 0.1) is 12.6 Å². The van der Waals surface area contributed by atoms with Gasteiger partial charge in [-0.3, -0.25) is 9.59 Å². The summed E-state index contributed by atoms with van der Waals surface area (Å²) < 4.78 is 20.8. The zero-order valence-corrected chi connectivity index (χ0v) is 16.9. The molecule has 1 aliphatic rings. The molecule has 0 aromatic rings. The predicted octanol–water partition coefficient (Wildman–Crippen LogP) is -1.61. The van der Waals surface area contributed by atoms with Crippen LogP contribution in [-0.4, -0.2) is 99.5 Å². The summed E-state index contributed by atoms with van der Waals surface area (Å²) in [5, 5.41) is 42.7. The molecule has 0 spiro atoms. The van der Waals surface area contributed by atoms with Crippen LogP contribution in [0.2, 0.25) is 0 Å². The fourth-order valence-electron chi connectivity index (χ4n) is 2.49. The molecule has 1 heterocycles. The molecule has 0 unspecified atom stereocenters. The lowest BCUT2D eigenvalue weighted by Gasteiger charge is -2.42. The van der Waals surface area contributed by atoms with Gasteiger partial charge in [-0.1, -0.05) is 27.7 Å². The molecule has 0 aromatic heterocycles. The Kier molecular flexibility index (Phi) is 10.9. The van der Waals surface area contributed by atoms with Gasteiger partial charge in [-0.25, -0.2) is 0 Å². The number of aliphatic hydroxyl groups excluding tert-OH is 4. The third-order valence-electron chi connectivity index (χ3n) is 3.92. The Balaban J connectivity index is 3.13. The summed E-state index contributed by atoms with van der Waals surface area (Å²) in [6, 6.07) is -0.946. The van der Waals surface area contributed by atoms with Crippen LogP contribution in [0.5, 0.6) is 0 Å². The Morgan fingerprint density at radius 2 is 2.04 bits per heavy atom. The average Bonchev–Trinajstić information content (AvgIpc) is 2.67. The van der Waals surface area contributed by atoms with E-state index in [1.807, 2.05) is 22.6 Å². The van der Waals surface area contributed by atoms with E-state index in [9.17, 15) is 30.0 Å². The van der Waals surface area contributed by atoms with Gasteiger partial charge in [0.2, 0.25) is 0 Å². The summed E-state index contributed by atoms with van der Waals surface area (Å²) in [7, 11) is 0. The van der Waals surface area contributed by atoms with E-state index in [1.54, 1.807) is 0 Å². The first-order chi connectivity index (χ1) is 13.3. The Morgan fingerprint density at radius 1 is 1.36 bits per heavy atom. The van der Waals surface area contributed by atoms with E-state index in [1.165, 1.54) is 0 Å². The van der Waals surface area contributed by atoms with Crippen molar-refractivity contribution in [1.29, 1.82) is 0 Å². The number of carbonyl (C=O) groups is 2. The van der Waals surface area contributed by atoms with Crippen molar-refractivity contribution in [1.82, 2.24) is 0 Å². The van der Waals surface area contributed by atoms with Gasteiger partial charge in [0.25, 0.3) is 6.47 Å². The molecule has 13 nitrogen and oxygen atoms in total. The Labute approximate surface area is 173 Å². The lowest BCUT2D eigenvalue weighted by atomic mass is 9.99. The van der Waals surface area contributed by atoms with E-state index in [-0.39, 0.29) is 10.9 Å². The number of rotatable bonds is 11. The van der Waals surface area contributed by atoms with Crippen molar-refractivity contribution in [3.8, 4) is 0 Å². The Hall–Kier alpha value is -1.26. The van der Waals surface area contributed by atoms with E-state index < -0.39 is 68.1 Å². The highest BCUT2D eigenvalue weighted by Gasteiger charge is 2.46. The largest absolute Gasteiger partial charge is 0.462 e. The number of ether oxygens (including phenoxy) is 4. The van der Waals surface area contributed by atoms with Crippen molar-refractivity contribution in [2.24, 2.45) is 5.11 Å². The number of halogens is 1. The number of esters is 1. The lowest BCUT2D eigenvalue weighted by molar-refractivity contribution is -0.318. The van der Waals surface area contributed by atoms with Crippen molar-refractivity contribution < 1.29 is 49.0 Å². The van der Waals surface area contributed by atoms with Crippen LogP contribution in [0.4, 0.5) is 0 Å². The van der Waals surface area contributed by atoms with Crippen LogP contribution in [0.3, 0.4) is 0 Å². The summed E-state index contributed by atoms with van der Waals surface area (Å²) in [5.74, 6) is -0.666. The van der Waals surface area contributed by atoms with E-state index >= 15 is 0 Å². The Bertz CT molecular complexity index is 561. The molecule has 1 aliphatic heterocycles. The highest BCUT2D eigenvalue weighted by Crippen LogP contribution is 2.26. The summed E-state index contributed by atoms with van der Waals surface area (Å²) in [4.78, 5) is 24.7. The number of hydrogen-bond donors (Lipinski definition) is 4. The third kappa shape index (κ3) is 6.66. The fourth-order valence-corrected chi connectivity index (χ4v) is 3.17. The molecule has 4 N–H and O–H groups in total. The molecule has 0 saturated carbocycles. The zero-order valence-electron chi connectivity index (χ0n) is 14.8. The van der Waals surface area contributed by atoms with Crippen LogP contribution in [-0.2, 0) is 28.5 Å². The maximum atomic E-state index is 11.1. The molecule has 0 aromatic carbocycles. The maximum absolute atomic E-state index is 11.1. The number of alkyl halides is 1. The quantitative estimate of drug-likeness (QED) is 0.0468. The smallest absolute Gasteiger partial charge is 0.302 e. The van der Waals surface area contributed by atoms with Gasteiger partial charge in [-0.15, -0.1) is 0 Å². The van der Waals surface area contributed by atoms with Crippen LogP contribution in [0.1, 0.15) is 6.92 Å². The first kappa shape index (κ1) is 24.8. The maximum Gasteiger partial charge on any atom is 0.302 e. The summed E-state index contributed by atoms with van der Waals surface area (Å²) in [6.45, 7) is 0.0975. The van der Waals surface area contributed by atoms with Crippen LogP contribution in [0, 0.1) is 0 Å².